The van der Waals surface area contributed by atoms with Crippen molar-refractivity contribution in [2.45, 2.75) is 12.8 Å². The molecule has 22 heterocycles. The van der Waals surface area contributed by atoms with Crippen LogP contribution in [0.5, 0.6) is 11.5 Å². The molecule has 0 atom stereocenters. The van der Waals surface area contributed by atoms with Crippen LogP contribution in [-0.2, 0) is 12.8 Å². The van der Waals surface area contributed by atoms with Gasteiger partial charge in [-0.1, -0.05) is 85.1 Å². The first-order chi connectivity index (χ1) is 51.1. The van der Waals surface area contributed by atoms with Gasteiger partial charge >= 0.3 is 0 Å². The van der Waals surface area contributed by atoms with E-state index in [1.165, 1.54) is 60.3 Å². The molecule has 22 nitrogen and oxygen atoms in total. The number of pyridine rings is 6. The summed E-state index contributed by atoms with van der Waals surface area (Å²) < 4.78 is 20.5. The lowest BCUT2D eigenvalue weighted by molar-refractivity contribution is 0.371. The molecule has 11 aromatic rings. The van der Waals surface area contributed by atoms with Crippen molar-refractivity contribution in [2.75, 3.05) is 118 Å². The van der Waals surface area contributed by atoms with Gasteiger partial charge in [0, 0.05) is 158 Å². The van der Waals surface area contributed by atoms with Crippen molar-refractivity contribution in [3.63, 3.8) is 0 Å². The predicted molar refractivity (Wildman–Crippen MR) is 426 cm³/mol. The zero-order valence-electron chi connectivity index (χ0n) is 56.5. The second-order valence-electron chi connectivity index (χ2n) is 22.8. The van der Waals surface area contributed by atoms with Gasteiger partial charge in [-0.2, -0.15) is 0 Å². The van der Waals surface area contributed by atoms with Crippen molar-refractivity contribution < 1.29 is 18.3 Å². The van der Waals surface area contributed by atoms with Gasteiger partial charge in [0.2, 0.25) is 0 Å². The second-order valence-corrected chi connectivity index (χ2v) is 24.6. The summed E-state index contributed by atoms with van der Waals surface area (Å²) in [5.41, 5.74) is 17.7. The topological polar surface area (TPSA) is 270 Å². The number of nitrogens with one attached hydrogen (secondary N) is 12. The number of H-pyrrole nitrogens is 1. The molecule has 0 spiro atoms. The van der Waals surface area contributed by atoms with Crippen LogP contribution in [0.15, 0.2) is 246 Å². The van der Waals surface area contributed by atoms with E-state index in [2.05, 4.69) is 207 Å². The molecule has 0 saturated heterocycles. The van der Waals surface area contributed by atoms with Gasteiger partial charge in [-0.05, 0) is 114 Å². The standard InChI is InChI=1S/4C8H8N2.C7H8N2.2C7H7NO.2C7H7NS.2C6H6N2O/c2*1-2-7-6-9-5-3-8(7)10-4-1;2*1-2-7-3-5-9-6-8(7)10-4-1;1-2-6-3-5-9-7(6)8-4-1;1-2-7-6(8-4-1)3-5-9-7;1-2-6-3-5-9-7(6)8-4-1;1-2-7-6(8-4-1)3-5-9-7;1-2-6-3-5-9-7(6)8-4-1;1-2-7-3-5-6(1)9-4-8-5;1-2-7-3-6-5(1)8-4-9-6/h1,3-6,10H,2H2;1-3,5-6,10H,4H2;1,3-6,10H,2H2;1-3,5-6,10H,4H2;1-3,5,8-9H,4H2;4*1-3,5,8H,4H2;2*1-3,8H,4H2. The zero-order chi connectivity index (χ0) is 70.0. The van der Waals surface area contributed by atoms with Crippen LogP contribution in [0.2, 0.25) is 0 Å². The third kappa shape index (κ3) is 21.4. The Morgan fingerprint density at radius 1 is 0.340 bits per heavy atom. The number of aromatic nitrogens is 7. The Labute approximate surface area is 606 Å². The number of furan rings is 2. The van der Waals surface area contributed by atoms with Gasteiger partial charge in [0.25, 0.3) is 0 Å². The Balaban J connectivity index is 0.000000107. The van der Waals surface area contributed by atoms with E-state index >= 15 is 0 Å². The Morgan fingerprint density at radius 3 is 1.69 bits per heavy atom. The Morgan fingerprint density at radius 2 is 0.932 bits per heavy atom. The van der Waals surface area contributed by atoms with Crippen molar-refractivity contribution in [3.05, 3.63) is 287 Å². The van der Waals surface area contributed by atoms with Crippen LogP contribution >= 0.6 is 22.7 Å². The van der Waals surface area contributed by atoms with E-state index in [-0.39, 0.29) is 0 Å². The van der Waals surface area contributed by atoms with Crippen LogP contribution in [-0.4, -0.2) is 94.2 Å². The molecule has 11 aliphatic rings. The second kappa shape index (κ2) is 38.5. The first-order valence-corrected chi connectivity index (χ1v) is 35.4. The molecule has 0 saturated carbocycles. The number of ether oxygens (including phenoxy) is 2. The summed E-state index contributed by atoms with van der Waals surface area (Å²) in [6.07, 6.45) is 66.3. The third-order valence-corrected chi connectivity index (χ3v) is 17.6. The number of nitrogens with zero attached hydrogens (tertiary/aromatic N) is 6. The molecule has 0 amide bonds. The molecule has 11 aromatic heterocycles. The molecule has 24 heteroatoms. The quantitative estimate of drug-likeness (QED) is 0.0673. The Hall–Kier alpha value is -12.8. The number of hydrogen-bond acceptors (Lipinski definition) is 23. The summed E-state index contributed by atoms with van der Waals surface area (Å²) >= 11 is 3.54. The van der Waals surface area contributed by atoms with E-state index in [1.807, 2.05) is 110 Å². The van der Waals surface area contributed by atoms with Crippen LogP contribution in [0.25, 0.3) is 42.5 Å². The monoisotopic (exact) mass is 1410 g/mol. The summed E-state index contributed by atoms with van der Waals surface area (Å²) in [7, 11) is 0. The van der Waals surface area contributed by atoms with Gasteiger partial charge in [-0.25, -0.2) is 0 Å². The first-order valence-electron chi connectivity index (χ1n) is 33.6. The molecule has 103 heavy (non-hydrogen) atoms. The molecule has 11 aliphatic heterocycles. The maximum atomic E-state index is 5.15. The van der Waals surface area contributed by atoms with E-state index in [4.69, 9.17) is 18.3 Å². The minimum Gasteiger partial charge on any atom is -0.471 e. The van der Waals surface area contributed by atoms with Crippen molar-refractivity contribution in [2.24, 2.45) is 0 Å². The third-order valence-electron chi connectivity index (χ3n) is 15.8. The number of hydrogen-bond donors (Lipinski definition) is 12. The maximum Gasteiger partial charge on any atom is 0.200 e. The molecular formula is C79H80N18O4S2. The summed E-state index contributed by atoms with van der Waals surface area (Å²) in [6, 6.07) is 21.9. The summed E-state index contributed by atoms with van der Waals surface area (Å²) in [5, 5.41) is 40.3. The Bertz CT molecular complexity index is 4180. The largest absolute Gasteiger partial charge is 0.471 e. The molecule has 0 radical (unpaired) electrons. The van der Waals surface area contributed by atoms with E-state index in [0.29, 0.717) is 13.5 Å². The molecule has 22 rings (SSSR count). The molecule has 0 aliphatic carbocycles. The average molecular weight is 1410 g/mol. The lowest BCUT2D eigenvalue weighted by Crippen LogP contribution is -2.03. The van der Waals surface area contributed by atoms with Gasteiger partial charge in [-0.3, -0.25) is 29.9 Å². The van der Waals surface area contributed by atoms with E-state index in [9.17, 15) is 0 Å². The molecule has 0 unspecified atom stereocenters. The smallest absolute Gasteiger partial charge is 0.200 e. The SMILES string of the molecule is C1=CNc2ccncc2C1.C1=CNc2cnccc2C1.C1=Cc2cc[nH]c2NC1.C1=Cc2ccncc2NC1.C1=Cc2ccoc2NC1.C1=Cc2ccsc2NC1.C1=Cc2cnccc2NC1.C1=Cc2occc2NC1.C1=Cc2sccc2NC1.c1cc2c(cn1)NCO2.c1cc2c(cn1)OCN2. The summed E-state index contributed by atoms with van der Waals surface area (Å²) in [6.45, 7) is 7.66. The molecule has 522 valence electrons. The molecular weight excluding hydrogens is 1330 g/mol. The first kappa shape index (κ1) is 70.1. The minimum atomic E-state index is 0.570. The lowest BCUT2D eigenvalue weighted by atomic mass is 10.1. The fraction of sp³-hybridized carbons (Fsp3) is 0.139. The average Bonchev–Trinajstić information content (AvgIpc) is 1.13. The molecule has 0 bridgehead atoms. The number of thiophene rings is 2. The van der Waals surface area contributed by atoms with Crippen LogP contribution in [0.1, 0.15) is 49.6 Å². The van der Waals surface area contributed by atoms with Gasteiger partial charge < -0.3 is 81.8 Å². The van der Waals surface area contributed by atoms with Gasteiger partial charge in [0.05, 0.1) is 76.4 Å². The van der Waals surface area contributed by atoms with Crippen molar-refractivity contribution in [1.82, 2.24) is 34.9 Å². The molecule has 12 N–H and O–H groups in total. The number of aromatic amines is 1. The fourth-order valence-corrected chi connectivity index (χ4v) is 12.2. The van der Waals surface area contributed by atoms with Crippen molar-refractivity contribution >= 4 is 127 Å². The van der Waals surface area contributed by atoms with Crippen LogP contribution in [0, 0.1) is 0 Å². The molecule has 0 aromatic carbocycles. The van der Waals surface area contributed by atoms with Crippen LogP contribution < -0.4 is 68.0 Å². The highest BCUT2D eigenvalue weighted by Crippen LogP contribution is 2.30. The van der Waals surface area contributed by atoms with E-state index in [1.54, 1.807) is 78.6 Å². The summed E-state index contributed by atoms with van der Waals surface area (Å²) in [4.78, 5) is 28.3. The number of rotatable bonds is 0. The highest BCUT2D eigenvalue weighted by Gasteiger charge is 2.12. The van der Waals surface area contributed by atoms with Crippen molar-refractivity contribution in [3.8, 4) is 11.5 Å². The zero-order valence-corrected chi connectivity index (χ0v) is 58.1. The number of fused-ring (bicyclic) bond motifs is 11. The lowest BCUT2D eigenvalue weighted by Gasteiger charge is -2.10. The van der Waals surface area contributed by atoms with E-state index in [0.717, 1.165) is 122 Å². The normalized spacial score (nSPS) is 14.3. The van der Waals surface area contributed by atoms with Gasteiger partial charge in [0.1, 0.15) is 17.3 Å². The minimum absolute atomic E-state index is 0.570. The molecule has 0 fully saturated rings. The summed E-state index contributed by atoms with van der Waals surface area (Å²) in [5.74, 6) is 4.69. The highest BCUT2D eigenvalue weighted by molar-refractivity contribution is 7.14. The predicted octanol–water partition coefficient (Wildman–Crippen LogP) is 17.1. The van der Waals surface area contributed by atoms with Gasteiger partial charge in [-0.15, -0.1) is 22.7 Å². The van der Waals surface area contributed by atoms with Crippen LogP contribution in [0.4, 0.5) is 62.2 Å². The fourth-order valence-electron chi connectivity index (χ4n) is 10.6. The highest BCUT2D eigenvalue weighted by atomic mass is 32.1. The van der Waals surface area contributed by atoms with E-state index < -0.39 is 0 Å². The number of anilines is 11. The maximum absolute atomic E-state index is 5.15. The van der Waals surface area contributed by atoms with Gasteiger partial charge in [0.15, 0.2) is 25.1 Å². The number of allylic oxidation sites excluding steroid dienone is 2. The van der Waals surface area contributed by atoms with Crippen LogP contribution in [0.3, 0.4) is 0 Å². The van der Waals surface area contributed by atoms with Crippen molar-refractivity contribution in [1.29, 1.82) is 0 Å². The Kier molecular flexibility index (Phi) is 26.2.